The van der Waals surface area contributed by atoms with E-state index >= 15 is 0 Å². The minimum atomic E-state index is 0. The highest BCUT2D eigenvalue weighted by molar-refractivity contribution is 5.84. The average molecular weight is 228 g/mol. The van der Waals surface area contributed by atoms with Crippen LogP contribution in [0.4, 0.5) is 0 Å². The van der Waals surface area contributed by atoms with Gasteiger partial charge < -0.3 is 10.2 Å². The first-order chi connectivity index (χ1) is 7.61. The van der Waals surface area contributed by atoms with Crippen molar-refractivity contribution in [2.24, 2.45) is 0 Å². The monoisotopic (exact) mass is 228 g/mol. The van der Waals surface area contributed by atoms with E-state index in [1.165, 1.54) is 0 Å². The van der Waals surface area contributed by atoms with E-state index in [0.717, 1.165) is 25.9 Å². The van der Waals surface area contributed by atoms with Crippen LogP contribution in [0.3, 0.4) is 0 Å². The molecule has 0 aromatic carbocycles. The van der Waals surface area contributed by atoms with E-state index < -0.39 is 0 Å². The van der Waals surface area contributed by atoms with Crippen LogP contribution in [0.2, 0.25) is 0 Å². The van der Waals surface area contributed by atoms with Crippen LogP contribution >= 0.6 is 0 Å². The van der Waals surface area contributed by atoms with Gasteiger partial charge in [0.05, 0.1) is 0 Å². The molecule has 4 heteroatoms. The molecule has 0 aliphatic carbocycles. The van der Waals surface area contributed by atoms with Crippen molar-refractivity contribution >= 4 is 11.7 Å². The lowest BCUT2D eigenvalue weighted by Crippen LogP contribution is -2.43. The van der Waals surface area contributed by atoms with Crippen LogP contribution in [0, 0.1) is 0 Å². The number of nitrogens with zero attached hydrogens (tertiary/aromatic N) is 1. The third-order valence-electron chi connectivity index (χ3n) is 3.11. The number of hydrogen-bond donors (Lipinski definition) is 1. The fourth-order valence-electron chi connectivity index (χ4n) is 1.88. The first kappa shape index (κ1) is 13.2. The molecule has 1 aliphatic heterocycles. The van der Waals surface area contributed by atoms with Crippen LogP contribution in [-0.2, 0) is 9.59 Å². The van der Waals surface area contributed by atoms with E-state index in [9.17, 15) is 9.59 Å². The number of carbonyl (C=O) groups excluding carboxylic acids is 2. The lowest BCUT2D eigenvalue weighted by Gasteiger charge is -2.29. The summed E-state index contributed by atoms with van der Waals surface area (Å²) in [5.41, 5.74) is 0. The van der Waals surface area contributed by atoms with Gasteiger partial charge in [-0.2, -0.15) is 0 Å². The highest BCUT2D eigenvalue weighted by atomic mass is 16.2. The van der Waals surface area contributed by atoms with Gasteiger partial charge in [0.1, 0.15) is 5.78 Å². The molecule has 1 aliphatic rings. The van der Waals surface area contributed by atoms with Gasteiger partial charge in [-0.05, 0) is 33.0 Å². The van der Waals surface area contributed by atoms with Crippen molar-refractivity contribution < 1.29 is 11.0 Å². The Hall–Kier alpha value is -0.900. The molecule has 1 saturated heterocycles. The van der Waals surface area contributed by atoms with Gasteiger partial charge in [-0.15, -0.1) is 0 Å². The van der Waals surface area contributed by atoms with Gasteiger partial charge in [0, 0.05) is 26.7 Å². The number of rotatable bonds is 5. The molecule has 0 unspecified atom stereocenters. The molecule has 0 saturated carbocycles. The Morgan fingerprint density at radius 1 is 1.31 bits per heavy atom. The smallest absolute Gasteiger partial charge is 0.220 e. The summed E-state index contributed by atoms with van der Waals surface area (Å²) >= 11 is 0. The molecule has 0 radical (unpaired) electrons. The minimum absolute atomic E-state index is 0. The second kappa shape index (κ2) is 6.63. The third-order valence-corrected chi connectivity index (χ3v) is 3.11. The van der Waals surface area contributed by atoms with E-state index in [4.69, 9.17) is 0 Å². The molecule has 1 rings (SSSR count). The van der Waals surface area contributed by atoms with Crippen molar-refractivity contribution in [3.8, 4) is 0 Å². The normalized spacial score (nSPS) is 18.4. The summed E-state index contributed by atoms with van der Waals surface area (Å²) in [6, 6.07) is 0.306. The first-order valence-corrected chi connectivity index (χ1v) is 6.11. The molecule has 0 aromatic heterocycles. The summed E-state index contributed by atoms with van der Waals surface area (Å²) in [5, 5.41) is 3.00. The maximum absolute atomic E-state index is 11.5. The largest absolute Gasteiger partial charge is 0.353 e. The van der Waals surface area contributed by atoms with Crippen LogP contribution in [0.15, 0.2) is 0 Å². The third kappa shape index (κ3) is 4.75. The second-order valence-corrected chi connectivity index (χ2v) is 4.54. The van der Waals surface area contributed by atoms with Crippen LogP contribution in [0.1, 0.15) is 40.5 Å². The SMILES string of the molecule is CCC(=O)CCC(=O)NC1CCN(C)CC1.[HH]. The zero-order valence-corrected chi connectivity index (χ0v) is 10.3. The maximum Gasteiger partial charge on any atom is 0.220 e. The molecule has 1 fully saturated rings. The van der Waals surface area contributed by atoms with E-state index in [-0.39, 0.29) is 13.1 Å². The highest BCUT2D eigenvalue weighted by Crippen LogP contribution is 2.08. The molecule has 16 heavy (non-hydrogen) atoms. The lowest BCUT2D eigenvalue weighted by molar-refractivity contribution is -0.126. The molecule has 94 valence electrons. The molecule has 0 bridgehead atoms. The van der Waals surface area contributed by atoms with Crippen molar-refractivity contribution in [2.45, 2.75) is 45.1 Å². The van der Waals surface area contributed by atoms with E-state index in [1.807, 2.05) is 6.92 Å². The van der Waals surface area contributed by atoms with Crippen molar-refractivity contribution in [2.75, 3.05) is 20.1 Å². The summed E-state index contributed by atoms with van der Waals surface area (Å²) in [6.07, 6.45) is 3.30. The first-order valence-electron chi connectivity index (χ1n) is 6.11. The molecule has 1 heterocycles. The lowest BCUT2D eigenvalue weighted by atomic mass is 10.1. The number of piperidine rings is 1. The van der Waals surface area contributed by atoms with Gasteiger partial charge in [-0.3, -0.25) is 9.59 Å². The average Bonchev–Trinajstić information content (AvgIpc) is 2.29. The van der Waals surface area contributed by atoms with Crippen molar-refractivity contribution in [1.82, 2.24) is 10.2 Å². The predicted octanol–water partition coefficient (Wildman–Crippen LogP) is 1.20. The number of nitrogens with one attached hydrogen (secondary N) is 1. The Bertz CT molecular complexity index is 251. The number of Topliss-reactive ketones (excluding diaryl/α,β-unsaturated/α-hetero) is 1. The molecular weight excluding hydrogens is 204 g/mol. The highest BCUT2D eigenvalue weighted by Gasteiger charge is 2.18. The number of hydrogen-bond acceptors (Lipinski definition) is 3. The molecule has 1 N–H and O–H groups in total. The number of amides is 1. The number of ketones is 1. The molecule has 4 nitrogen and oxygen atoms in total. The van der Waals surface area contributed by atoms with Gasteiger partial charge in [0.2, 0.25) is 5.91 Å². The van der Waals surface area contributed by atoms with E-state index in [1.54, 1.807) is 0 Å². The Balaban J connectivity index is 0.00000256. The Morgan fingerprint density at radius 3 is 2.50 bits per heavy atom. The van der Waals surface area contributed by atoms with Crippen LogP contribution in [0.25, 0.3) is 0 Å². The summed E-state index contributed by atoms with van der Waals surface area (Å²) in [7, 11) is 2.10. The standard InChI is InChI=1S/C12H22N2O2.H2/c1-3-11(15)4-5-12(16)13-10-6-8-14(2)9-7-10;/h10H,3-9H2,1-2H3,(H,13,16);1H. The topological polar surface area (TPSA) is 49.4 Å². The van der Waals surface area contributed by atoms with Gasteiger partial charge in [0.25, 0.3) is 0 Å². The van der Waals surface area contributed by atoms with Crippen LogP contribution in [-0.4, -0.2) is 42.8 Å². The van der Waals surface area contributed by atoms with Crippen LogP contribution in [0.5, 0.6) is 0 Å². The van der Waals surface area contributed by atoms with Gasteiger partial charge in [-0.1, -0.05) is 6.92 Å². The van der Waals surface area contributed by atoms with Gasteiger partial charge >= 0.3 is 0 Å². The molecule has 1 amide bonds. The van der Waals surface area contributed by atoms with Crippen molar-refractivity contribution in [3.05, 3.63) is 0 Å². The Kier molecular flexibility index (Phi) is 5.46. The second-order valence-electron chi connectivity index (χ2n) is 4.54. The van der Waals surface area contributed by atoms with E-state index in [2.05, 4.69) is 17.3 Å². The van der Waals surface area contributed by atoms with Crippen molar-refractivity contribution in [3.63, 3.8) is 0 Å². The molecule has 0 atom stereocenters. The van der Waals surface area contributed by atoms with E-state index in [0.29, 0.717) is 25.3 Å². The number of likely N-dealkylation sites (tertiary alicyclic amines) is 1. The zero-order valence-electron chi connectivity index (χ0n) is 10.3. The number of carbonyl (C=O) groups is 2. The van der Waals surface area contributed by atoms with Gasteiger partial charge in [0.15, 0.2) is 0 Å². The van der Waals surface area contributed by atoms with Crippen molar-refractivity contribution in [1.29, 1.82) is 0 Å². The minimum Gasteiger partial charge on any atom is -0.353 e. The fraction of sp³-hybridized carbons (Fsp3) is 0.833. The maximum atomic E-state index is 11.5. The Morgan fingerprint density at radius 2 is 1.94 bits per heavy atom. The molecule has 0 aromatic rings. The van der Waals surface area contributed by atoms with Crippen LogP contribution < -0.4 is 5.32 Å². The summed E-state index contributed by atoms with van der Waals surface area (Å²) in [4.78, 5) is 24.9. The fourth-order valence-corrected chi connectivity index (χ4v) is 1.88. The molecule has 0 spiro atoms. The summed E-state index contributed by atoms with van der Waals surface area (Å²) in [5.74, 6) is 0.190. The van der Waals surface area contributed by atoms with Gasteiger partial charge in [-0.25, -0.2) is 0 Å². The predicted molar refractivity (Wildman–Crippen MR) is 65.3 cm³/mol. The summed E-state index contributed by atoms with van der Waals surface area (Å²) in [6.45, 7) is 3.91. The molecular formula is C12H24N2O2. The Labute approximate surface area is 98.9 Å². The summed E-state index contributed by atoms with van der Waals surface area (Å²) < 4.78 is 0. The quantitative estimate of drug-likeness (QED) is 0.769. The zero-order chi connectivity index (χ0) is 12.0.